The van der Waals surface area contributed by atoms with Gasteiger partial charge in [0, 0.05) is 23.5 Å². The van der Waals surface area contributed by atoms with E-state index in [1.165, 1.54) is 12.1 Å². The van der Waals surface area contributed by atoms with E-state index in [0.717, 1.165) is 28.1 Å². The van der Waals surface area contributed by atoms with Crippen LogP contribution in [0.2, 0.25) is 0 Å². The largest absolute Gasteiger partial charge is 0.310 e. The Morgan fingerprint density at radius 2 is 1.66 bits per heavy atom. The number of fused-ring (bicyclic) bond motifs is 1. The number of benzene rings is 3. The molecule has 1 amide bonds. The van der Waals surface area contributed by atoms with E-state index in [2.05, 4.69) is 5.32 Å². The molecule has 5 heteroatoms. The molecular formula is C24H18FN3O. The lowest BCUT2D eigenvalue weighted by Gasteiger charge is -2.25. The van der Waals surface area contributed by atoms with Crippen LogP contribution >= 0.6 is 0 Å². The fourth-order valence-electron chi connectivity index (χ4n) is 3.92. The van der Waals surface area contributed by atoms with Crippen molar-refractivity contribution in [1.29, 1.82) is 0 Å². The second-order valence-electron chi connectivity index (χ2n) is 7.08. The van der Waals surface area contributed by atoms with Gasteiger partial charge in [-0.3, -0.25) is 4.79 Å². The summed E-state index contributed by atoms with van der Waals surface area (Å²) in [5.74, 6) is -0.0575. The summed E-state index contributed by atoms with van der Waals surface area (Å²) in [6.07, 6.45) is 0.247. The number of nitrogens with zero attached hydrogens (tertiary/aromatic N) is 2. The SMILES string of the molecule is O=C1CC(c2cccc(F)c2)c2c(-c3ccccc3)nn(-c3ccccc3)c2N1. The van der Waals surface area contributed by atoms with Crippen molar-refractivity contribution in [3.63, 3.8) is 0 Å². The lowest BCUT2D eigenvalue weighted by Crippen LogP contribution is -2.25. The summed E-state index contributed by atoms with van der Waals surface area (Å²) in [5.41, 5.74) is 4.27. The van der Waals surface area contributed by atoms with Gasteiger partial charge in [-0.15, -0.1) is 0 Å². The van der Waals surface area contributed by atoms with Crippen LogP contribution in [0.25, 0.3) is 16.9 Å². The monoisotopic (exact) mass is 383 g/mol. The highest BCUT2D eigenvalue weighted by Crippen LogP contribution is 2.43. The molecule has 1 atom stereocenters. The highest BCUT2D eigenvalue weighted by molar-refractivity contribution is 5.96. The first kappa shape index (κ1) is 17.4. The van der Waals surface area contributed by atoms with Crippen molar-refractivity contribution in [3.05, 3.63) is 102 Å². The van der Waals surface area contributed by atoms with E-state index in [0.29, 0.717) is 5.82 Å². The van der Waals surface area contributed by atoms with Crippen LogP contribution in [0.3, 0.4) is 0 Å². The molecule has 4 nitrogen and oxygen atoms in total. The third-order valence-corrected chi connectivity index (χ3v) is 5.22. The van der Waals surface area contributed by atoms with Gasteiger partial charge in [-0.05, 0) is 29.8 Å². The summed E-state index contributed by atoms with van der Waals surface area (Å²) in [5, 5.41) is 7.87. The molecule has 0 saturated carbocycles. The van der Waals surface area contributed by atoms with Crippen LogP contribution in [0.4, 0.5) is 10.2 Å². The average molecular weight is 383 g/mol. The average Bonchev–Trinajstić information content (AvgIpc) is 3.14. The molecule has 0 aliphatic carbocycles. The van der Waals surface area contributed by atoms with E-state index in [1.54, 1.807) is 10.7 Å². The number of aromatic nitrogens is 2. The standard InChI is InChI=1S/C24H18FN3O/c25-18-11-7-10-17(14-18)20-15-21(29)26-24-22(20)23(16-8-3-1-4-9-16)27-28(24)19-12-5-2-6-13-19/h1-14,20H,15H2,(H,26,29). The number of carbonyl (C=O) groups excluding carboxylic acids is 1. The molecule has 0 radical (unpaired) electrons. The zero-order chi connectivity index (χ0) is 19.8. The number of anilines is 1. The van der Waals surface area contributed by atoms with Gasteiger partial charge in [-0.2, -0.15) is 5.10 Å². The number of halogens is 1. The van der Waals surface area contributed by atoms with Gasteiger partial charge in [0.05, 0.1) is 11.4 Å². The molecule has 2 heterocycles. The molecule has 1 unspecified atom stereocenters. The van der Waals surface area contributed by atoms with Crippen LogP contribution in [0.1, 0.15) is 23.5 Å². The molecule has 1 N–H and O–H groups in total. The molecule has 0 saturated heterocycles. The minimum atomic E-state index is -0.313. The number of rotatable bonds is 3. The van der Waals surface area contributed by atoms with Crippen molar-refractivity contribution in [2.45, 2.75) is 12.3 Å². The summed E-state index contributed by atoms with van der Waals surface area (Å²) < 4.78 is 15.7. The van der Waals surface area contributed by atoms with Gasteiger partial charge in [0.25, 0.3) is 0 Å². The van der Waals surface area contributed by atoms with Crippen molar-refractivity contribution in [1.82, 2.24) is 9.78 Å². The van der Waals surface area contributed by atoms with Gasteiger partial charge in [0.1, 0.15) is 11.6 Å². The maximum atomic E-state index is 14.0. The summed E-state index contributed by atoms with van der Waals surface area (Å²) in [4.78, 5) is 12.6. The topological polar surface area (TPSA) is 46.9 Å². The Hall–Kier alpha value is -3.73. The first-order valence-corrected chi connectivity index (χ1v) is 9.50. The van der Waals surface area contributed by atoms with Crippen molar-refractivity contribution in [2.75, 3.05) is 5.32 Å². The van der Waals surface area contributed by atoms with Crippen LogP contribution in [0.15, 0.2) is 84.9 Å². The van der Waals surface area contributed by atoms with Gasteiger partial charge < -0.3 is 5.32 Å². The highest BCUT2D eigenvalue weighted by Gasteiger charge is 2.34. The highest BCUT2D eigenvalue weighted by atomic mass is 19.1. The summed E-state index contributed by atoms with van der Waals surface area (Å²) in [6, 6.07) is 26.0. The molecule has 142 valence electrons. The van der Waals surface area contributed by atoms with Crippen molar-refractivity contribution >= 4 is 11.7 Å². The second-order valence-corrected chi connectivity index (χ2v) is 7.08. The normalized spacial score (nSPS) is 15.6. The smallest absolute Gasteiger partial charge is 0.226 e. The van der Waals surface area contributed by atoms with Crippen LogP contribution in [-0.2, 0) is 4.79 Å². The fraction of sp³-hybridized carbons (Fsp3) is 0.0833. The van der Waals surface area contributed by atoms with E-state index >= 15 is 0 Å². The van der Waals surface area contributed by atoms with Crippen molar-refractivity contribution in [3.8, 4) is 16.9 Å². The Balaban J connectivity index is 1.78. The molecule has 4 aromatic rings. The number of carbonyl (C=O) groups is 1. The van der Waals surface area contributed by atoms with E-state index in [1.807, 2.05) is 66.7 Å². The Bertz CT molecular complexity index is 1190. The van der Waals surface area contributed by atoms with Gasteiger partial charge in [0.2, 0.25) is 5.91 Å². The van der Waals surface area contributed by atoms with E-state index in [4.69, 9.17) is 5.10 Å². The molecule has 0 spiro atoms. The van der Waals surface area contributed by atoms with Crippen molar-refractivity contribution in [2.24, 2.45) is 0 Å². The number of amides is 1. The number of nitrogens with one attached hydrogen (secondary N) is 1. The molecular weight excluding hydrogens is 365 g/mol. The van der Waals surface area contributed by atoms with Gasteiger partial charge in [-0.25, -0.2) is 9.07 Å². The van der Waals surface area contributed by atoms with Crippen molar-refractivity contribution < 1.29 is 9.18 Å². The molecule has 5 rings (SSSR count). The maximum Gasteiger partial charge on any atom is 0.226 e. The minimum Gasteiger partial charge on any atom is -0.310 e. The first-order chi connectivity index (χ1) is 14.2. The lowest BCUT2D eigenvalue weighted by molar-refractivity contribution is -0.116. The summed E-state index contributed by atoms with van der Waals surface area (Å²) in [6.45, 7) is 0. The predicted molar refractivity (Wildman–Crippen MR) is 110 cm³/mol. The molecule has 0 bridgehead atoms. The van der Waals surface area contributed by atoms with Gasteiger partial charge in [0.15, 0.2) is 0 Å². The molecule has 1 aliphatic heterocycles. The zero-order valence-electron chi connectivity index (χ0n) is 15.5. The lowest BCUT2D eigenvalue weighted by atomic mass is 9.84. The fourth-order valence-corrected chi connectivity index (χ4v) is 3.92. The van der Waals surface area contributed by atoms with Crippen LogP contribution in [0, 0.1) is 5.82 Å². The molecule has 0 fully saturated rings. The van der Waals surface area contributed by atoms with E-state index in [9.17, 15) is 9.18 Å². The summed E-state index contributed by atoms with van der Waals surface area (Å²) >= 11 is 0. The van der Waals surface area contributed by atoms with Crippen LogP contribution in [0.5, 0.6) is 0 Å². The third-order valence-electron chi connectivity index (χ3n) is 5.22. The Kier molecular flexibility index (Phi) is 4.21. The minimum absolute atomic E-state index is 0.108. The van der Waals surface area contributed by atoms with Crippen LogP contribution < -0.4 is 5.32 Å². The number of hydrogen-bond donors (Lipinski definition) is 1. The Labute approximate surface area is 167 Å². The van der Waals surface area contributed by atoms with Gasteiger partial charge in [-0.1, -0.05) is 60.7 Å². The van der Waals surface area contributed by atoms with E-state index in [-0.39, 0.29) is 24.1 Å². The second kappa shape index (κ2) is 7.02. The molecule has 3 aromatic carbocycles. The quantitative estimate of drug-likeness (QED) is 0.532. The van der Waals surface area contributed by atoms with E-state index < -0.39 is 0 Å². The van der Waals surface area contributed by atoms with Gasteiger partial charge >= 0.3 is 0 Å². The molecule has 1 aliphatic rings. The zero-order valence-corrected chi connectivity index (χ0v) is 15.5. The Morgan fingerprint density at radius 1 is 0.931 bits per heavy atom. The maximum absolute atomic E-state index is 14.0. The predicted octanol–water partition coefficient (Wildman–Crippen LogP) is 5.15. The number of hydrogen-bond acceptors (Lipinski definition) is 2. The first-order valence-electron chi connectivity index (χ1n) is 9.50. The number of para-hydroxylation sites is 1. The molecule has 1 aromatic heterocycles. The summed E-state index contributed by atoms with van der Waals surface area (Å²) in [7, 11) is 0. The molecule has 29 heavy (non-hydrogen) atoms. The van der Waals surface area contributed by atoms with Crippen LogP contribution in [-0.4, -0.2) is 15.7 Å². The Morgan fingerprint density at radius 3 is 2.38 bits per heavy atom. The third kappa shape index (κ3) is 3.10.